The van der Waals surface area contributed by atoms with Gasteiger partial charge in [-0.25, -0.2) is 4.98 Å². The van der Waals surface area contributed by atoms with E-state index < -0.39 is 6.10 Å². The van der Waals surface area contributed by atoms with Crippen LogP contribution in [0.3, 0.4) is 0 Å². The number of aliphatic hydroxyl groups is 1. The van der Waals surface area contributed by atoms with E-state index in [0.717, 1.165) is 30.8 Å². The number of aromatic nitrogens is 1. The molecule has 0 aliphatic carbocycles. The molecule has 0 amide bonds. The molecule has 7 nitrogen and oxygen atoms in total. The first-order valence-electron chi connectivity index (χ1n) is 11.5. The number of benzene rings is 2. The third-order valence-electron chi connectivity index (χ3n) is 5.60. The van der Waals surface area contributed by atoms with E-state index in [1.165, 1.54) is 12.8 Å². The number of nitrogens with zero attached hydrogens (tertiary/aromatic N) is 3. The molecule has 0 bridgehead atoms. The number of aldehydes is 1. The third kappa shape index (κ3) is 6.71. The zero-order chi connectivity index (χ0) is 24.3. The van der Waals surface area contributed by atoms with Crippen LogP contribution in [0.15, 0.2) is 66.9 Å². The standard InChI is InChI=1S/C27H33N3O4/c1-4-29(5-2)23-12-9-21(10-13-23)17-30(27-8-6-7-15-28-27)18-24(32)20-34-25-14-11-22(19-31)16-26(25)33-3/h6-16,19,24,32H,4-5,17-18,20H2,1-3H3. The Kier molecular flexibility index (Phi) is 9.29. The maximum absolute atomic E-state index is 11.0. The van der Waals surface area contributed by atoms with Gasteiger partial charge in [-0.1, -0.05) is 18.2 Å². The van der Waals surface area contributed by atoms with E-state index in [4.69, 9.17) is 9.47 Å². The Bertz CT molecular complexity index is 1020. The smallest absolute Gasteiger partial charge is 0.161 e. The summed E-state index contributed by atoms with van der Waals surface area (Å²) in [5, 5.41) is 10.8. The summed E-state index contributed by atoms with van der Waals surface area (Å²) >= 11 is 0. The summed E-state index contributed by atoms with van der Waals surface area (Å²) < 4.78 is 11.1. The molecule has 2 aromatic carbocycles. The first-order chi connectivity index (χ1) is 16.6. The van der Waals surface area contributed by atoms with Crippen molar-refractivity contribution in [1.29, 1.82) is 0 Å². The second kappa shape index (κ2) is 12.6. The number of rotatable bonds is 13. The van der Waals surface area contributed by atoms with E-state index in [2.05, 4.69) is 48.0 Å². The number of methoxy groups -OCH3 is 1. The monoisotopic (exact) mass is 463 g/mol. The van der Waals surface area contributed by atoms with Crippen LogP contribution >= 0.6 is 0 Å². The van der Waals surface area contributed by atoms with Crippen molar-refractivity contribution < 1.29 is 19.4 Å². The average Bonchev–Trinajstić information content (AvgIpc) is 2.89. The molecule has 0 fully saturated rings. The van der Waals surface area contributed by atoms with Gasteiger partial charge in [-0.2, -0.15) is 0 Å². The first-order valence-corrected chi connectivity index (χ1v) is 11.5. The quantitative estimate of drug-likeness (QED) is 0.381. The second-order valence-corrected chi connectivity index (χ2v) is 7.90. The predicted octanol–water partition coefficient (Wildman–Crippen LogP) is 4.20. The summed E-state index contributed by atoms with van der Waals surface area (Å²) in [5.41, 5.74) is 2.82. The molecule has 0 saturated heterocycles. The highest BCUT2D eigenvalue weighted by molar-refractivity contribution is 5.76. The average molecular weight is 464 g/mol. The summed E-state index contributed by atoms with van der Waals surface area (Å²) in [6.45, 7) is 7.23. The molecule has 0 spiro atoms. The Hall–Kier alpha value is -3.58. The van der Waals surface area contributed by atoms with Crippen LogP contribution in [0, 0.1) is 0 Å². The van der Waals surface area contributed by atoms with E-state index in [1.54, 1.807) is 24.4 Å². The Morgan fingerprint density at radius 2 is 1.76 bits per heavy atom. The normalized spacial score (nSPS) is 11.5. The highest BCUT2D eigenvalue weighted by Crippen LogP contribution is 2.28. The minimum Gasteiger partial charge on any atom is -0.493 e. The lowest BCUT2D eigenvalue weighted by Crippen LogP contribution is -2.36. The van der Waals surface area contributed by atoms with Crippen LogP contribution in [0.4, 0.5) is 11.5 Å². The van der Waals surface area contributed by atoms with Crippen molar-refractivity contribution in [1.82, 2.24) is 4.98 Å². The molecule has 1 N–H and O–H groups in total. The lowest BCUT2D eigenvalue weighted by atomic mass is 10.1. The zero-order valence-electron chi connectivity index (χ0n) is 20.1. The number of anilines is 2. The number of hydrogen-bond donors (Lipinski definition) is 1. The van der Waals surface area contributed by atoms with Crippen LogP contribution in [0.5, 0.6) is 11.5 Å². The summed E-state index contributed by atoms with van der Waals surface area (Å²) in [6, 6.07) is 19.2. The molecule has 0 aliphatic heterocycles. The van der Waals surface area contributed by atoms with Crippen molar-refractivity contribution in [2.75, 3.05) is 43.2 Å². The van der Waals surface area contributed by atoms with Crippen LogP contribution in [0.1, 0.15) is 29.8 Å². The first kappa shape index (κ1) is 25.1. The van der Waals surface area contributed by atoms with Crippen LogP contribution in [0.2, 0.25) is 0 Å². The van der Waals surface area contributed by atoms with E-state index in [9.17, 15) is 9.90 Å². The summed E-state index contributed by atoms with van der Waals surface area (Å²) in [4.78, 5) is 19.8. The molecule has 1 atom stereocenters. The van der Waals surface area contributed by atoms with Gasteiger partial charge in [-0.3, -0.25) is 4.79 Å². The lowest BCUT2D eigenvalue weighted by Gasteiger charge is -2.27. The largest absolute Gasteiger partial charge is 0.493 e. The molecule has 7 heteroatoms. The summed E-state index contributed by atoms with van der Waals surface area (Å²) in [6.07, 6.45) is 1.72. The number of carbonyl (C=O) groups is 1. The van der Waals surface area contributed by atoms with Crippen LogP contribution in [0.25, 0.3) is 0 Å². The van der Waals surface area contributed by atoms with Gasteiger partial charge in [0.2, 0.25) is 0 Å². The van der Waals surface area contributed by atoms with Crippen molar-refractivity contribution >= 4 is 17.8 Å². The van der Waals surface area contributed by atoms with Crippen molar-refractivity contribution in [2.24, 2.45) is 0 Å². The van der Waals surface area contributed by atoms with Gasteiger partial charge in [0.25, 0.3) is 0 Å². The fraction of sp³-hybridized carbons (Fsp3) is 0.333. The van der Waals surface area contributed by atoms with E-state index >= 15 is 0 Å². The Morgan fingerprint density at radius 3 is 2.38 bits per heavy atom. The molecule has 3 rings (SSSR count). The molecule has 1 aromatic heterocycles. The highest BCUT2D eigenvalue weighted by atomic mass is 16.5. The molecule has 34 heavy (non-hydrogen) atoms. The van der Waals surface area contributed by atoms with Gasteiger partial charge in [-0.05, 0) is 61.9 Å². The lowest BCUT2D eigenvalue weighted by molar-refractivity contribution is 0.109. The number of aliphatic hydroxyl groups excluding tert-OH is 1. The van der Waals surface area contributed by atoms with Gasteiger partial charge in [0.15, 0.2) is 11.5 Å². The SMILES string of the molecule is CCN(CC)c1ccc(CN(CC(O)COc2ccc(C=O)cc2OC)c2ccccn2)cc1. The number of hydrogen-bond acceptors (Lipinski definition) is 7. The van der Waals surface area contributed by atoms with Crippen LogP contribution < -0.4 is 19.3 Å². The van der Waals surface area contributed by atoms with Crippen molar-refractivity contribution in [3.63, 3.8) is 0 Å². The van der Waals surface area contributed by atoms with E-state index in [-0.39, 0.29) is 6.61 Å². The molecular weight excluding hydrogens is 430 g/mol. The third-order valence-corrected chi connectivity index (χ3v) is 5.60. The molecule has 3 aromatic rings. The van der Waals surface area contributed by atoms with Gasteiger partial charge in [0.1, 0.15) is 24.8 Å². The molecule has 0 saturated carbocycles. The van der Waals surface area contributed by atoms with Crippen LogP contribution in [-0.4, -0.2) is 55.8 Å². The number of ether oxygens (including phenoxy) is 2. The fourth-order valence-electron chi connectivity index (χ4n) is 3.77. The number of carbonyl (C=O) groups excluding carboxylic acids is 1. The minimum atomic E-state index is -0.771. The highest BCUT2D eigenvalue weighted by Gasteiger charge is 2.16. The fourth-order valence-corrected chi connectivity index (χ4v) is 3.77. The zero-order valence-corrected chi connectivity index (χ0v) is 20.1. The van der Waals surface area contributed by atoms with Crippen LogP contribution in [-0.2, 0) is 6.54 Å². The second-order valence-electron chi connectivity index (χ2n) is 7.90. The van der Waals surface area contributed by atoms with E-state index in [0.29, 0.717) is 30.2 Å². The summed E-state index contributed by atoms with van der Waals surface area (Å²) in [7, 11) is 1.52. The minimum absolute atomic E-state index is 0.0705. The van der Waals surface area contributed by atoms with Crippen molar-refractivity contribution in [2.45, 2.75) is 26.5 Å². The van der Waals surface area contributed by atoms with Crippen molar-refractivity contribution in [3.05, 3.63) is 78.0 Å². The Morgan fingerprint density at radius 1 is 1.00 bits per heavy atom. The number of pyridine rings is 1. The molecule has 180 valence electrons. The molecular formula is C27H33N3O4. The van der Waals surface area contributed by atoms with E-state index in [1.807, 2.05) is 23.1 Å². The molecule has 1 heterocycles. The Balaban J connectivity index is 1.69. The predicted molar refractivity (Wildman–Crippen MR) is 135 cm³/mol. The molecule has 0 aliphatic rings. The van der Waals surface area contributed by atoms with Gasteiger partial charge >= 0.3 is 0 Å². The molecule has 1 unspecified atom stereocenters. The van der Waals surface area contributed by atoms with Gasteiger partial charge < -0.3 is 24.4 Å². The van der Waals surface area contributed by atoms with Gasteiger partial charge in [0.05, 0.1) is 7.11 Å². The van der Waals surface area contributed by atoms with Gasteiger partial charge in [-0.15, -0.1) is 0 Å². The maximum atomic E-state index is 11.0. The maximum Gasteiger partial charge on any atom is 0.161 e. The Labute approximate surface area is 201 Å². The topological polar surface area (TPSA) is 75.1 Å². The summed E-state index contributed by atoms with van der Waals surface area (Å²) in [5.74, 6) is 1.71. The molecule has 0 radical (unpaired) electrons. The van der Waals surface area contributed by atoms with Gasteiger partial charge in [0, 0.05) is 43.6 Å². The van der Waals surface area contributed by atoms with Crippen molar-refractivity contribution in [3.8, 4) is 11.5 Å².